The summed E-state index contributed by atoms with van der Waals surface area (Å²) in [7, 11) is -3.46. The van der Waals surface area contributed by atoms with Crippen LogP contribution in [0.4, 0.5) is 0 Å². The number of carbonyl (C=O) groups excluding carboxylic acids is 1. The fourth-order valence-electron chi connectivity index (χ4n) is 2.26. The van der Waals surface area contributed by atoms with Crippen LogP contribution in [0.3, 0.4) is 0 Å². The van der Waals surface area contributed by atoms with Gasteiger partial charge < -0.3 is 5.32 Å². The molecule has 0 aromatic heterocycles. The first-order chi connectivity index (χ1) is 11.3. The van der Waals surface area contributed by atoms with Crippen LogP contribution in [0.5, 0.6) is 0 Å². The van der Waals surface area contributed by atoms with Crippen LogP contribution >= 0.6 is 11.6 Å². The van der Waals surface area contributed by atoms with E-state index in [0.29, 0.717) is 5.02 Å². The molecular weight excluding hydrogens is 346 g/mol. The van der Waals surface area contributed by atoms with Crippen molar-refractivity contribution >= 4 is 27.3 Å². The number of sulfone groups is 1. The smallest absolute Gasteiger partial charge is 0.221 e. The van der Waals surface area contributed by atoms with Gasteiger partial charge in [0.15, 0.2) is 9.84 Å². The lowest BCUT2D eigenvalue weighted by Gasteiger charge is -2.14. The number of amides is 1. The molecule has 0 saturated heterocycles. The van der Waals surface area contributed by atoms with Gasteiger partial charge in [0.2, 0.25) is 5.91 Å². The minimum absolute atomic E-state index is 0.0822. The van der Waals surface area contributed by atoms with Crippen molar-refractivity contribution in [2.24, 2.45) is 0 Å². The summed E-state index contributed by atoms with van der Waals surface area (Å²) in [4.78, 5) is 12.3. The van der Waals surface area contributed by atoms with Crippen molar-refractivity contribution in [3.63, 3.8) is 0 Å². The fraction of sp³-hybridized carbons (Fsp3) is 0.278. The molecule has 2 rings (SSSR count). The molecule has 2 aromatic rings. The Kier molecular flexibility index (Phi) is 6.02. The monoisotopic (exact) mass is 365 g/mol. The Morgan fingerprint density at radius 2 is 1.83 bits per heavy atom. The van der Waals surface area contributed by atoms with Crippen molar-refractivity contribution in [2.45, 2.75) is 31.2 Å². The molecule has 4 nitrogen and oxygen atoms in total. The molecule has 1 atom stereocenters. The Balaban J connectivity index is 1.94. The van der Waals surface area contributed by atoms with E-state index in [2.05, 4.69) is 5.32 Å². The first-order valence-corrected chi connectivity index (χ1v) is 9.65. The highest BCUT2D eigenvalue weighted by Crippen LogP contribution is 2.18. The summed E-state index contributed by atoms with van der Waals surface area (Å²) in [6, 6.07) is 13.6. The second-order valence-electron chi connectivity index (χ2n) is 5.73. The highest BCUT2D eigenvalue weighted by molar-refractivity contribution is 7.91. The largest absolute Gasteiger partial charge is 0.350 e. The van der Waals surface area contributed by atoms with Gasteiger partial charge in [0.25, 0.3) is 0 Å². The van der Waals surface area contributed by atoms with E-state index in [4.69, 9.17) is 11.6 Å². The molecule has 0 aliphatic rings. The number of hydrogen-bond acceptors (Lipinski definition) is 3. The first kappa shape index (κ1) is 18.5. The average molecular weight is 366 g/mol. The molecule has 0 aliphatic carbocycles. The van der Waals surface area contributed by atoms with E-state index in [1.807, 2.05) is 26.0 Å². The van der Waals surface area contributed by atoms with E-state index < -0.39 is 9.84 Å². The molecule has 128 valence electrons. The van der Waals surface area contributed by atoms with Gasteiger partial charge in [-0.05, 0) is 43.7 Å². The summed E-state index contributed by atoms with van der Waals surface area (Å²) < 4.78 is 24.5. The molecule has 1 amide bonds. The van der Waals surface area contributed by atoms with Gasteiger partial charge >= 0.3 is 0 Å². The van der Waals surface area contributed by atoms with E-state index in [-0.39, 0.29) is 29.0 Å². The third-order valence-electron chi connectivity index (χ3n) is 3.70. The zero-order chi connectivity index (χ0) is 17.7. The number of carbonyl (C=O) groups is 1. The van der Waals surface area contributed by atoms with Crippen molar-refractivity contribution in [3.05, 3.63) is 64.7 Å². The average Bonchev–Trinajstić information content (AvgIpc) is 2.53. The Morgan fingerprint density at radius 3 is 2.46 bits per heavy atom. The third-order valence-corrected chi connectivity index (χ3v) is 5.67. The molecule has 0 aliphatic heterocycles. The number of hydrogen-bond donors (Lipinski definition) is 1. The molecular formula is C18H20ClNO3S. The van der Waals surface area contributed by atoms with Crippen molar-refractivity contribution in [1.82, 2.24) is 5.32 Å². The fourth-order valence-corrected chi connectivity index (χ4v) is 3.70. The number of aryl methyl sites for hydroxylation is 1. The molecule has 0 spiro atoms. The topological polar surface area (TPSA) is 63.2 Å². The molecule has 6 heteroatoms. The summed E-state index contributed by atoms with van der Waals surface area (Å²) in [5.41, 5.74) is 1.86. The lowest BCUT2D eigenvalue weighted by atomic mass is 10.1. The zero-order valence-electron chi connectivity index (χ0n) is 13.6. The molecule has 0 fully saturated rings. The Bertz CT molecular complexity index is 816. The van der Waals surface area contributed by atoms with E-state index in [0.717, 1.165) is 11.1 Å². The van der Waals surface area contributed by atoms with E-state index >= 15 is 0 Å². The number of halogens is 1. The molecule has 1 N–H and O–H groups in total. The summed E-state index contributed by atoms with van der Waals surface area (Å²) in [6.07, 6.45) is -0.0822. The summed E-state index contributed by atoms with van der Waals surface area (Å²) in [6.45, 7) is 3.72. The van der Waals surface area contributed by atoms with Gasteiger partial charge in [0.05, 0.1) is 16.7 Å². The van der Waals surface area contributed by atoms with Crippen molar-refractivity contribution < 1.29 is 13.2 Å². The van der Waals surface area contributed by atoms with Crippen LogP contribution in [0, 0.1) is 6.92 Å². The predicted molar refractivity (Wildman–Crippen MR) is 95.9 cm³/mol. The first-order valence-electron chi connectivity index (χ1n) is 7.62. The second kappa shape index (κ2) is 7.81. The second-order valence-corrected chi connectivity index (χ2v) is 8.27. The molecule has 2 aromatic carbocycles. The molecule has 24 heavy (non-hydrogen) atoms. The molecule has 0 radical (unpaired) electrons. The number of nitrogens with one attached hydrogen (secondary N) is 1. The predicted octanol–water partition coefficient (Wildman–Crippen LogP) is 3.69. The van der Waals surface area contributed by atoms with Crippen LogP contribution in [0.15, 0.2) is 53.4 Å². The van der Waals surface area contributed by atoms with Gasteiger partial charge in [-0.3, -0.25) is 4.79 Å². The highest BCUT2D eigenvalue weighted by atomic mass is 35.5. The van der Waals surface area contributed by atoms with Gasteiger partial charge in [-0.15, -0.1) is 0 Å². The summed E-state index contributed by atoms with van der Waals surface area (Å²) in [5.74, 6) is -0.525. The van der Waals surface area contributed by atoms with Crippen LogP contribution in [-0.2, 0) is 14.6 Å². The van der Waals surface area contributed by atoms with Crippen molar-refractivity contribution in [3.8, 4) is 0 Å². The van der Waals surface area contributed by atoms with Gasteiger partial charge in [-0.2, -0.15) is 0 Å². The van der Waals surface area contributed by atoms with Crippen LogP contribution in [0.25, 0.3) is 0 Å². The van der Waals surface area contributed by atoms with Gasteiger partial charge in [0, 0.05) is 11.4 Å². The minimum atomic E-state index is -3.46. The number of rotatable bonds is 6. The Labute approximate surface area is 147 Å². The standard InChI is InChI=1S/C18H20ClNO3S/c1-13-6-8-17(9-7-13)24(22,23)11-10-18(21)20-14(2)15-4-3-5-16(19)12-15/h3-9,12,14H,10-11H2,1-2H3,(H,20,21). The minimum Gasteiger partial charge on any atom is -0.350 e. The molecule has 1 unspecified atom stereocenters. The molecule has 0 bridgehead atoms. The van der Waals surface area contributed by atoms with Crippen LogP contribution in [-0.4, -0.2) is 20.1 Å². The lowest BCUT2D eigenvalue weighted by molar-refractivity contribution is -0.121. The normalized spacial score (nSPS) is 12.6. The van der Waals surface area contributed by atoms with Gasteiger partial charge in [-0.25, -0.2) is 8.42 Å². The molecule has 0 heterocycles. The van der Waals surface area contributed by atoms with E-state index in [9.17, 15) is 13.2 Å². The van der Waals surface area contributed by atoms with Crippen LogP contribution in [0.1, 0.15) is 30.5 Å². The summed E-state index contributed by atoms with van der Waals surface area (Å²) in [5, 5.41) is 3.39. The SMILES string of the molecule is Cc1ccc(S(=O)(=O)CCC(=O)NC(C)c2cccc(Cl)c2)cc1. The maximum absolute atomic E-state index is 12.3. The maximum Gasteiger partial charge on any atom is 0.221 e. The summed E-state index contributed by atoms with van der Waals surface area (Å²) >= 11 is 5.93. The van der Waals surface area contributed by atoms with Gasteiger partial charge in [0.1, 0.15) is 0 Å². The molecule has 0 saturated carbocycles. The number of benzene rings is 2. The lowest BCUT2D eigenvalue weighted by Crippen LogP contribution is -2.28. The highest BCUT2D eigenvalue weighted by Gasteiger charge is 2.17. The van der Waals surface area contributed by atoms with Crippen LogP contribution in [0.2, 0.25) is 5.02 Å². The third kappa shape index (κ3) is 5.08. The maximum atomic E-state index is 12.3. The van der Waals surface area contributed by atoms with Crippen LogP contribution < -0.4 is 5.32 Å². The van der Waals surface area contributed by atoms with E-state index in [1.54, 1.807) is 36.4 Å². The van der Waals surface area contributed by atoms with Crippen molar-refractivity contribution in [1.29, 1.82) is 0 Å². The quantitative estimate of drug-likeness (QED) is 0.849. The van der Waals surface area contributed by atoms with Crippen molar-refractivity contribution in [2.75, 3.05) is 5.75 Å². The zero-order valence-corrected chi connectivity index (χ0v) is 15.2. The van der Waals surface area contributed by atoms with Gasteiger partial charge in [-0.1, -0.05) is 41.4 Å². The Hall–Kier alpha value is -1.85. The van der Waals surface area contributed by atoms with E-state index in [1.165, 1.54) is 0 Å². The Morgan fingerprint density at radius 1 is 1.17 bits per heavy atom.